The van der Waals surface area contributed by atoms with Crippen molar-refractivity contribution in [3.63, 3.8) is 0 Å². The summed E-state index contributed by atoms with van der Waals surface area (Å²) >= 11 is 0. The maximum Gasteiger partial charge on any atom is 0.160 e. The first-order valence-corrected chi connectivity index (χ1v) is 6.20. The molecule has 3 heteroatoms. The fraction of sp³-hybridized carbons (Fsp3) is 0. The van der Waals surface area contributed by atoms with Crippen LogP contribution in [0.5, 0.6) is 0 Å². The van der Waals surface area contributed by atoms with Gasteiger partial charge in [-0.3, -0.25) is 0 Å². The summed E-state index contributed by atoms with van der Waals surface area (Å²) in [6, 6.07) is 16.6. The van der Waals surface area contributed by atoms with E-state index in [0.29, 0.717) is 0 Å². The van der Waals surface area contributed by atoms with Crippen molar-refractivity contribution in [2.24, 2.45) is 0 Å². The number of H-pyrrole nitrogens is 1. The van der Waals surface area contributed by atoms with Gasteiger partial charge in [0.05, 0.1) is 5.69 Å². The van der Waals surface area contributed by atoms with Crippen molar-refractivity contribution in [2.45, 2.75) is 0 Å². The number of hydrogen-bond donors (Lipinski definition) is 1. The maximum absolute atomic E-state index is 4.56. The van der Waals surface area contributed by atoms with Crippen molar-refractivity contribution in [1.29, 1.82) is 0 Å². The Morgan fingerprint density at radius 2 is 1.63 bits per heavy atom. The number of rotatable bonds is 1. The normalized spacial score (nSPS) is 11.2. The maximum atomic E-state index is 4.56. The zero-order valence-corrected chi connectivity index (χ0v) is 10.2. The molecule has 0 radical (unpaired) electrons. The minimum atomic E-state index is 0.778. The SMILES string of the molecule is c1ccc2cc(-c3nc4cc[nH]cc-4n3)ccc2c1. The molecule has 2 aromatic carbocycles. The number of hydrogen-bond acceptors (Lipinski definition) is 2. The van der Waals surface area contributed by atoms with Gasteiger partial charge < -0.3 is 4.98 Å². The average Bonchev–Trinajstić information content (AvgIpc) is 2.90. The number of pyridine rings is 1. The highest BCUT2D eigenvalue weighted by molar-refractivity contribution is 5.86. The Hall–Kier alpha value is -2.68. The van der Waals surface area contributed by atoms with E-state index in [2.05, 4.69) is 45.3 Å². The van der Waals surface area contributed by atoms with E-state index in [0.717, 1.165) is 22.8 Å². The Labute approximate surface area is 110 Å². The molecule has 0 amide bonds. The highest BCUT2D eigenvalue weighted by atomic mass is 15.0. The second-order valence-electron chi connectivity index (χ2n) is 4.52. The lowest BCUT2D eigenvalue weighted by Gasteiger charge is -1.99. The van der Waals surface area contributed by atoms with Crippen molar-refractivity contribution < 1.29 is 0 Å². The van der Waals surface area contributed by atoms with E-state index in [-0.39, 0.29) is 0 Å². The van der Waals surface area contributed by atoms with Gasteiger partial charge in [-0.25, -0.2) is 9.97 Å². The lowest BCUT2D eigenvalue weighted by Crippen LogP contribution is -1.80. The van der Waals surface area contributed by atoms with E-state index >= 15 is 0 Å². The van der Waals surface area contributed by atoms with Crippen LogP contribution in [0.4, 0.5) is 0 Å². The van der Waals surface area contributed by atoms with Gasteiger partial charge >= 0.3 is 0 Å². The summed E-state index contributed by atoms with van der Waals surface area (Å²) < 4.78 is 0. The van der Waals surface area contributed by atoms with Gasteiger partial charge in [0, 0.05) is 18.0 Å². The Bertz CT molecular complexity index is 802. The van der Waals surface area contributed by atoms with Crippen LogP contribution in [0.2, 0.25) is 0 Å². The number of fused-ring (bicyclic) bond motifs is 2. The van der Waals surface area contributed by atoms with Gasteiger partial charge in [-0.2, -0.15) is 0 Å². The van der Waals surface area contributed by atoms with E-state index < -0.39 is 0 Å². The molecule has 0 fully saturated rings. The van der Waals surface area contributed by atoms with Crippen molar-refractivity contribution in [1.82, 2.24) is 15.0 Å². The molecule has 19 heavy (non-hydrogen) atoms. The van der Waals surface area contributed by atoms with Crippen LogP contribution in [-0.2, 0) is 0 Å². The average molecular weight is 245 g/mol. The molecule has 90 valence electrons. The van der Waals surface area contributed by atoms with Crippen LogP contribution in [-0.4, -0.2) is 15.0 Å². The van der Waals surface area contributed by atoms with Crippen LogP contribution < -0.4 is 0 Å². The Balaban J connectivity index is 1.92. The fourth-order valence-corrected chi connectivity index (χ4v) is 2.31. The van der Waals surface area contributed by atoms with Crippen LogP contribution in [0.1, 0.15) is 0 Å². The van der Waals surface area contributed by atoms with E-state index in [1.54, 1.807) is 0 Å². The van der Waals surface area contributed by atoms with Crippen LogP contribution in [0.25, 0.3) is 33.5 Å². The minimum absolute atomic E-state index is 0.778. The number of aromatic nitrogens is 3. The number of benzene rings is 2. The molecule has 0 unspecified atom stereocenters. The van der Waals surface area contributed by atoms with Gasteiger partial charge in [0.25, 0.3) is 0 Å². The number of imidazole rings is 1. The fourth-order valence-electron chi connectivity index (χ4n) is 2.31. The first-order chi connectivity index (χ1) is 9.40. The smallest absolute Gasteiger partial charge is 0.160 e. The summed E-state index contributed by atoms with van der Waals surface area (Å²) in [7, 11) is 0. The molecule has 0 atom stereocenters. The van der Waals surface area contributed by atoms with Crippen LogP contribution in [0.15, 0.2) is 60.9 Å². The van der Waals surface area contributed by atoms with Crippen molar-refractivity contribution in [2.75, 3.05) is 0 Å². The summed E-state index contributed by atoms with van der Waals surface area (Å²) in [4.78, 5) is 12.1. The van der Waals surface area contributed by atoms with Crippen LogP contribution in [0, 0.1) is 0 Å². The lowest BCUT2D eigenvalue weighted by molar-refractivity contribution is 1.28. The monoisotopic (exact) mass is 245 g/mol. The third-order valence-electron chi connectivity index (χ3n) is 3.28. The van der Waals surface area contributed by atoms with Crippen molar-refractivity contribution >= 4 is 10.8 Å². The van der Waals surface area contributed by atoms with Crippen molar-refractivity contribution in [3.8, 4) is 22.8 Å². The van der Waals surface area contributed by atoms with Crippen LogP contribution in [0.3, 0.4) is 0 Å². The highest BCUT2D eigenvalue weighted by Gasteiger charge is 2.11. The molecule has 2 heterocycles. The predicted octanol–water partition coefficient (Wildman–Crippen LogP) is 3.73. The summed E-state index contributed by atoms with van der Waals surface area (Å²) in [5, 5.41) is 2.44. The molecular weight excluding hydrogens is 234 g/mol. The quantitative estimate of drug-likeness (QED) is 0.555. The van der Waals surface area contributed by atoms with E-state index in [9.17, 15) is 0 Å². The first kappa shape index (κ1) is 10.3. The molecule has 0 saturated heterocycles. The molecule has 3 nitrogen and oxygen atoms in total. The van der Waals surface area contributed by atoms with Gasteiger partial charge in [-0.05, 0) is 22.9 Å². The van der Waals surface area contributed by atoms with Gasteiger partial charge in [0.1, 0.15) is 5.69 Å². The Morgan fingerprint density at radius 3 is 2.53 bits per heavy atom. The third kappa shape index (κ3) is 1.67. The predicted molar refractivity (Wildman–Crippen MR) is 75.9 cm³/mol. The largest absolute Gasteiger partial charge is 0.366 e. The van der Waals surface area contributed by atoms with E-state index in [1.807, 2.05) is 30.6 Å². The van der Waals surface area contributed by atoms with E-state index in [4.69, 9.17) is 0 Å². The molecule has 0 aromatic heterocycles. The molecule has 0 aliphatic carbocycles. The van der Waals surface area contributed by atoms with Gasteiger partial charge in [-0.1, -0.05) is 36.4 Å². The molecule has 0 bridgehead atoms. The number of aromatic amines is 1. The lowest BCUT2D eigenvalue weighted by atomic mass is 10.1. The molecule has 2 aliphatic rings. The zero-order valence-electron chi connectivity index (χ0n) is 10.2. The molecule has 4 rings (SSSR count). The minimum Gasteiger partial charge on any atom is -0.366 e. The Morgan fingerprint density at radius 1 is 0.789 bits per heavy atom. The molecule has 0 spiro atoms. The Kier molecular flexibility index (Phi) is 2.12. The molecule has 1 N–H and O–H groups in total. The second kappa shape index (κ2) is 3.92. The van der Waals surface area contributed by atoms with E-state index in [1.165, 1.54) is 10.8 Å². The summed E-state index contributed by atoms with van der Waals surface area (Å²) in [5.41, 5.74) is 2.86. The second-order valence-corrected chi connectivity index (χ2v) is 4.52. The number of nitrogens with one attached hydrogen (secondary N) is 1. The molecule has 2 aliphatic heterocycles. The summed E-state index contributed by atoms with van der Waals surface area (Å²) in [5.74, 6) is 0.778. The van der Waals surface area contributed by atoms with Crippen molar-refractivity contribution in [3.05, 3.63) is 60.9 Å². The molecule has 0 saturated carbocycles. The molecular formula is C16H11N3. The summed E-state index contributed by atoms with van der Waals surface area (Å²) in [6.45, 7) is 0. The topological polar surface area (TPSA) is 41.6 Å². The summed E-state index contributed by atoms with van der Waals surface area (Å²) in [6.07, 6.45) is 3.73. The third-order valence-corrected chi connectivity index (χ3v) is 3.28. The van der Waals surface area contributed by atoms with Gasteiger partial charge in [0.15, 0.2) is 5.82 Å². The highest BCUT2D eigenvalue weighted by Crippen LogP contribution is 2.26. The van der Waals surface area contributed by atoms with Gasteiger partial charge in [-0.15, -0.1) is 0 Å². The van der Waals surface area contributed by atoms with Gasteiger partial charge in [0.2, 0.25) is 0 Å². The van der Waals surface area contributed by atoms with Crippen LogP contribution >= 0.6 is 0 Å². The standard InChI is InChI=1S/C16H11N3/c1-2-4-12-9-13(6-5-11(12)3-1)16-18-14-7-8-17-10-15(14)19-16/h1-10,17H. The molecule has 2 aromatic rings. The zero-order chi connectivity index (χ0) is 12.7. The first-order valence-electron chi connectivity index (χ1n) is 6.20. The number of nitrogens with zero attached hydrogens (tertiary/aromatic N) is 2.